The minimum atomic E-state index is -1.15. The minimum absolute atomic E-state index is 0.0509. The van der Waals surface area contributed by atoms with Crippen molar-refractivity contribution in [2.45, 2.75) is 71.3 Å². The molecule has 202 valence electrons. The van der Waals surface area contributed by atoms with E-state index in [0.29, 0.717) is 26.2 Å². The van der Waals surface area contributed by atoms with Crippen LogP contribution in [0.1, 0.15) is 33.2 Å². The average Bonchev–Trinajstić information content (AvgIpc) is 3.56. The van der Waals surface area contributed by atoms with Gasteiger partial charge in [-0.2, -0.15) is 5.10 Å². The fraction of sp³-hybridized carbons (Fsp3) is 0.615. The first-order valence-electron chi connectivity index (χ1n) is 12.9. The van der Waals surface area contributed by atoms with Crippen LogP contribution in [0.25, 0.3) is 22.3 Å². The van der Waals surface area contributed by atoms with E-state index < -0.39 is 26.4 Å². The van der Waals surface area contributed by atoms with E-state index in [9.17, 15) is 9.18 Å². The molecule has 0 aromatic carbocycles. The van der Waals surface area contributed by atoms with Gasteiger partial charge in [-0.15, -0.1) is 0 Å². The van der Waals surface area contributed by atoms with E-state index in [1.165, 1.54) is 6.33 Å². The maximum absolute atomic E-state index is 14.2. The second kappa shape index (κ2) is 10.9. The van der Waals surface area contributed by atoms with Gasteiger partial charge in [0.15, 0.2) is 0 Å². The number of hydrogen-bond acceptors (Lipinski definition) is 6. The van der Waals surface area contributed by atoms with Crippen molar-refractivity contribution in [1.82, 2.24) is 29.2 Å². The summed E-state index contributed by atoms with van der Waals surface area (Å²) < 4.78 is 29.3. The topological polar surface area (TPSA) is 87.3 Å². The van der Waals surface area contributed by atoms with Crippen molar-refractivity contribution in [3.63, 3.8) is 0 Å². The Morgan fingerprint density at radius 2 is 2.05 bits per heavy atom. The van der Waals surface area contributed by atoms with Crippen LogP contribution in [0.4, 0.5) is 9.18 Å². The van der Waals surface area contributed by atoms with Gasteiger partial charge in [-0.05, 0) is 39.3 Å². The van der Waals surface area contributed by atoms with Crippen LogP contribution < -0.4 is 0 Å². The van der Waals surface area contributed by atoms with Crippen molar-refractivity contribution in [2.75, 3.05) is 26.4 Å². The van der Waals surface area contributed by atoms with E-state index in [1.54, 1.807) is 15.8 Å². The lowest BCUT2D eigenvalue weighted by molar-refractivity contribution is 0.0282. The summed E-state index contributed by atoms with van der Waals surface area (Å²) in [6, 6.07) is 2.62. The zero-order chi connectivity index (χ0) is 26.8. The van der Waals surface area contributed by atoms with Crippen molar-refractivity contribution in [3.8, 4) is 11.3 Å². The third-order valence-electron chi connectivity index (χ3n) is 6.58. The Hall–Kier alpha value is -2.79. The van der Waals surface area contributed by atoms with Gasteiger partial charge < -0.3 is 18.9 Å². The number of alkyl halides is 1. The summed E-state index contributed by atoms with van der Waals surface area (Å²) in [6.45, 7) is 14.1. The molecule has 4 rings (SSSR count). The highest BCUT2D eigenvalue weighted by atomic mass is 28.3. The fourth-order valence-electron chi connectivity index (χ4n) is 4.53. The summed E-state index contributed by atoms with van der Waals surface area (Å²) >= 11 is 0. The van der Waals surface area contributed by atoms with Crippen LogP contribution in [0.5, 0.6) is 0 Å². The Labute approximate surface area is 219 Å². The standard InChI is InChI=1S/C26H39FN6O3Si/c1-26(2,3)36-25(34)31-9-7-19(15-31)22(13-27)33-16-20(14-30-33)23-21-8-10-32(24(21)29-17-28-23)18-35-11-12-37(4,5)6/h8,10,14,16-17,19,22H,7,9,11-13,15,18H2,1-6H3/t19-,22?/m0/s1. The van der Waals surface area contributed by atoms with Gasteiger partial charge in [-0.1, -0.05) is 19.6 Å². The van der Waals surface area contributed by atoms with Crippen molar-refractivity contribution in [2.24, 2.45) is 5.92 Å². The molecule has 1 aliphatic rings. The molecule has 3 aromatic heterocycles. The first kappa shape index (κ1) is 27.2. The van der Waals surface area contributed by atoms with Gasteiger partial charge >= 0.3 is 6.09 Å². The largest absolute Gasteiger partial charge is 0.444 e. The molecule has 0 bridgehead atoms. The number of carbonyl (C=O) groups excluding carboxylic acids is 1. The van der Waals surface area contributed by atoms with Gasteiger partial charge in [0.25, 0.3) is 0 Å². The normalized spacial score (nSPS) is 17.5. The van der Waals surface area contributed by atoms with Gasteiger partial charge in [0.05, 0.1) is 17.9 Å². The molecule has 2 atom stereocenters. The maximum Gasteiger partial charge on any atom is 0.410 e. The molecule has 0 N–H and O–H groups in total. The summed E-state index contributed by atoms with van der Waals surface area (Å²) in [6.07, 6.45) is 7.38. The lowest BCUT2D eigenvalue weighted by Crippen LogP contribution is -2.36. The highest BCUT2D eigenvalue weighted by Gasteiger charge is 2.35. The van der Waals surface area contributed by atoms with Crippen LogP contribution in [0.15, 0.2) is 31.0 Å². The fourth-order valence-corrected chi connectivity index (χ4v) is 5.28. The summed E-state index contributed by atoms with van der Waals surface area (Å²) in [4.78, 5) is 23.1. The van der Waals surface area contributed by atoms with Gasteiger partial charge in [0, 0.05) is 57.0 Å². The third-order valence-corrected chi connectivity index (χ3v) is 8.28. The molecule has 0 aliphatic carbocycles. The van der Waals surface area contributed by atoms with Crippen LogP contribution in [0, 0.1) is 5.92 Å². The van der Waals surface area contributed by atoms with Crippen LogP contribution in [-0.4, -0.2) is 75.4 Å². The van der Waals surface area contributed by atoms with Gasteiger partial charge in [-0.25, -0.2) is 19.2 Å². The number of carbonyl (C=O) groups is 1. The van der Waals surface area contributed by atoms with E-state index in [2.05, 4.69) is 34.7 Å². The lowest BCUT2D eigenvalue weighted by atomic mass is 10.0. The van der Waals surface area contributed by atoms with Crippen LogP contribution in [0.3, 0.4) is 0 Å². The number of nitrogens with zero attached hydrogens (tertiary/aromatic N) is 6. The smallest absolute Gasteiger partial charge is 0.410 e. The number of halogens is 1. The van der Waals surface area contributed by atoms with Crippen LogP contribution in [0.2, 0.25) is 25.7 Å². The monoisotopic (exact) mass is 530 g/mol. The quantitative estimate of drug-likeness (QED) is 0.273. The second-order valence-electron chi connectivity index (χ2n) is 12.0. The molecule has 0 saturated carbocycles. The number of likely N-dealkylation sites (tertiary alicyclic amines) is 1. The zero-order valence-corrected chi connectivity index (χ0v) is 23.8. The molecule has 4 heterocycles. The van der Waals surface area contributed by atoms with Gasteiger partial charge in [0.1, 0.15) is 31.0 Å². The first-order chi connectivity index (χ1) is 17.4. The first-order valence-corrected chi connectivity index (χ1v) is 16.6. The molecule has 1 aliphatic heterocycles. The Morgan fingerprint density at radius 1 is 1.27 bits per heavy atom. The molecular formula is C26H39FN6O3Si. The van der Waals surface area contributed by atoms with Gasteiger partial charge in [-0.3, -0.25) is 4.68 Å². The maximum atomic E-state index is 14.2. The van der Waals surface area contributed by atoms with E-state index in [-0.39, 0.29) is 12.0 Å². The number of rotatable bonds is 9. The lowest BCUT2D eigenvalue weighted by Gasteiger charge is -2.25. The zero-order valence-electron chi connectivity index (χ0n) is 22.8. The predicted octanol–water partition coefficient (Wildman–Crippen LogP) is 5.37. The van der Waals surface area contributed by atoms with E-state index in [0.717, 1.165) is 34.9 Å². The molecule has 9 nitrogen and oxygen atoms in total. The Kier molecular flexibility index (Phi) is 8.03. The van der Waals surface area contributed by atoms with Crippen molar-refractivity contribution in [1.29, 1.82) is 0 Å². The number of amides is 1. The van der Waals surface area contributed by atoms with Crippen LogP contribution >= 0.6 is 0 Å². The number of aromatic nitrogens is 5. The SMILES string of the molecule is CC(C)(C)OC(=O)N1CC[C@H](C(CF)n2cc(-c3ncnc4c3ccn4COCC[Si](C)(C)C)cn2)C1. The highest BCUT2D eigenvalue weighted by Crippen LogP contribution is 2.32. The molecule has 1 unspecified atom stereocenters. The van der Waals surface area contributed by atoms with Crippen molar-refractivity contribution >= 4 is 25.2 Å². The number of fused-ring (bicyclic) bond motifs is 1. The minimum Gasteiger partial charge on any atom is -0.444 e. The van der Waals surface area contributed by atoms with E-state index in [1.807, 2.05) is 43.8 Å². The van der Waals surface area contributed by atoms with Crippen molar-refractivity contribution < 1.29 is 18.7 Å². The molecule has 0 radical (unpaired) electrons. The Balaban J connectivity index is 1.46. The van der Waals surface area contributed by atoms with Crippen molar-refractivity contribution in [3.05, 3.63) is 31.0 Å². The number of hydrogen-bond donors (Lipinski definition) is 0. The van der Waals surface area contributed by atoms with E-state index in [4.69, 9.17) is 9.47 Å². The van der Waals surface area contributed by atoms with Gasteiger partial charge in [0.2, 0.25) is 0 Å². The summed E-state index contributed by atoms with van der Waals surface area (Å²) in [5, 5.41) is 5.38. The number of ether oxygens (including phenoxy) is 2. The molecule has 3 aromatic rings. The summed E-state index contributed by atoms with van der Waals surface area (Å²) in [7, 11) is -1.15. The molecule has 1 amide bonds. The molecule has 37 heavy (non-hydrogen) atoms. The molecule has 0 spiro atoms. The average molecular weight is 531 g/mol. The highest BCUT2D eigenvalue weighted by molar-refractivity contribution is 6.76. The Morgan fingerprint density at radius 3 is 2.76 bits per heavy atom. The molecular weight excluding hydrogens is 491 g/mol. The molecule has 1 saturated heterocycles. The molecule has 1 fully saturated rings. The van der Waals surface area contributed by atoms with E-state index >= 15 is 0 Å². The molecule has 11 heteroatoms. The predicted molar refractivity (Wildman–Crippen MR) is 144 cm³/mol. The Bertz CT molecular complexity index is 1220. The van der Waals surface area contributed by atoms with Crippen LogP contribution in [-0.2, 0) is 16.2 Å². The second-order valence-corrected chi connectivity index (χ2v) is 17.6. The summed E-state index contributed by atoms with van der Waals surface area (Å²) in [5.41, 5.74) is 1.77. The third kappa shape index (κ3) is 6.75. The summed E-state index contributed by atoms with van der Waals surface area (Å²) in [5.74, 6) is -0.0509.